The van der Waals surface area contributed by atoms with Gasteiger partial charge in [0.25, 0.3) is 0 Å². The maximum absolute atomic E-state index is 12.8. The quantitative estimate of drug-likeness (QED) is 0.274. The first-order valence-electron chi connectivity index (χ1n) is 7.11. The van der Waals surface area contributed by atoms with Crippen LogP contribution < -0.4 is 10.7 Å². The number of phenolic OH excluding ortho intramolecular Hbond substituents is 2. The number of carbonyl (C=O) groups is 2. The zero-order valence-electron chi connectivity index (χ0n) is 13.2. The Morgan fingerprint density at radius 1 is 1.04 bits per heavy atom. The second-order valence-corrected chi connectivity index (χ2v) is 5.50. The summed E-state index contributed by atoms with van der Waals surface area (Å²) in [5, 5.41) is 23.4. The van der Waals surface area contributed by atoms with E-state index in [4.69, 9.17) is 16.7 Å². The predicted molar refractivity (Wildman–Crippen MR) is 90.6 cm³/mol. The topological polar surface area (TPSA) is 111 Å². The first-order chi connectivity index (χ1) is 12.6. The van der Waals surface area contributed by atoms with Crippen molar-refractivity contribution in [3.05, 3.63) is 52.5 Å². The van der Waals surface area contributed by atoms with E-state index >= 15 is 0 Å². The zero-order chi connectivity index (χ0) is 20.2. The molecule has 0 aliphatic rings. The number of benzene rings is 2. The van der Waals surface area contributed by atoms with Gasteiger partial charge in [0, 0.05) is 5.69 Å². The maximum atomic E-state index is 12.8. The highest BCUT2D eigenvalue weighted by Gasteiger charge is 2.33. The molecule has 0 saturated heterocycles. The van der Waals surface area contributed by atoms with Crippen LogP contribution in [0, 0.1) is 0 Å². The summed E-state index contributed by atoms with van der Waals surface area (Å²) >= 11 is 5.46. The number of rotatable bonds is 3. The summed E-state index contributed by atoms with van der Waals surface area (Å²) in [5.74, 6) is -3.25. The van der Waals surface area contributed by atoms with Gasteiger partial charge in [-0.2, -0.15) is 18.3 Å². The van der Waals surface area contributed by atoms with E-state index in [0.29, 0.717) is 11.6 Å². The monoisotopic (exact) mass is 401 g/mol. The maximum Gasteiger partial charge on any atom is 0.417 e. The number of aromatic hydroxyl groups is 2. The predicted octanol–water partition coefficient (Wildman–Crippen LogP) is 2.86. The Balaban J connectivity index is 2.00. The molecule has 0 aromatic heterocycles. The number of hydrazone groups is 1. The minimum absolute atomic E-state index is 0.278. The lowest BCUT2D eigenvalue weighted by atomic mass is 10.2. The molecule has 7 nitrogen and oxygen atoms in total. The molecule has 27 heavy (non-hydrogen) atoms. The van der Waals surface area contributed by atoms with Crippen LogP contribution in [0.25, 0.3) is 0 Å². The van der Waals surface area contributed by atoms with Crippen LogP contribution in [0.4, 0.5) is 18.9 Å². The van der Waals surface area contributed by atoms with Crippen molar-refractivity contribution in [1.82, 2.24) is 5.43 Å². The third-order valence-corrected chi connectivity index (χ3v) is 3.44. The summed E-state index contributed by atoms with van der Waals surface area (Å²) in [4.78, 5) is 23.3. The highest BCUT2D eigenvalue weighted by Crippen LogP contribution is 2.36. The first-order valence-corrected chi connectivity index (χ1v) is 7.49. The fourth-order valence-corrected chi connectivity index (χ4v) is 2.07. The molecule has 0 fully saturated rings. The normalized spacial score (nSPS) is 11.4. The molecule has 0 spiro atoms. The lowest BCUT2D eigenvalue weighted by Gasteiger charge is -2.11. The van der Waals surface area contributed by atoms with Gasteiger partial charge < -0.3 is 15.5 Å². The third kappa shape index (κ3) is 5.35. The molecule has 2 rings (SSSR count). The van der Waals surface area contributed by atoms with E-state index in [1.54, 1.807) is 0 Å². The molecule has 4 N–H and O–H groups in total. The van der Waals surface area contributed by atoms with E-state index < -0.39 is 34.3 Å². The van der Waals surface area contributed by atoms with Gasteiger partial charge in [-0.3, -0.25) is 9.59 Å². The second kappa shape index (κ2) is 7.96. The molecule has 142 valence electrons. The summed E-state index contributed by atoms with van der Waals surface area (Å²) in [6.45, 7) is 0. The van der Waals surface area contributed by atoms with E-state index in [0.717, 1.165) is 24.4 Å². The van der Waals surface area contributed by atoms with Crippen molar-refractivity contribution in [3.8, 4) is 11.5 Å². The molecule has 0 heterocycles. The van der Waals surface area contributed by atoms with Gasteiger partial charge >= 0.3 is 18.0 Å². The number of phenols is 2. The number of nitrogens with one attached hydrogen (secondary N) is 2. The Morgan fingerprint density at radius 3 is 2.37 bits per heavy atom. The van der Waals surface area contributed by atoms with Crippen LogP contribution in [0.2, 0.25) is 5.02 Å². The van der Waals surface area contributed by atoms with Gasteiger partial charge in [0.2, 0.25) is 0 Å². The number of hydrogen-bond donors (Lipinski definition) is 4. The molecule has 2 aromatic rings. The summed E-state index contributed by atoms with van der Waals surface area (Å²) in [6, 6.07) is 6.34. The minimum Gasteiger partial charge on any atom is -0.504 e. The van der Waals surface area contributed by atoms with E-state index in [1.807, 2.05) is 10.7 Å². The molecule has 0 unspecified atom stereocenters. The Kier molecular flexibility index (Phi) is 5.91. The fraction of sp³-hybridized carbons (Fsp3) is 0.0625. The third-order valence-electron chi connectivity index (χ3n) is 3.12. The van der Waals surface area contributed by atoms with Crippen LogP contribution in [0.3, 0.4) is 0 Å². The van der Waals surface area contributed by atoms with Crippen molar-refractivity contribution in [2.45, 2.75) is 6.18 Å². The highest BCUT2D eigenvalue weighted by atomic mass is 35.5. The van der Waals surface area contributed by atoms with E-state index in [1.165, 1.54) is 12.1 Å². The zero-order valence-corrected chi connectivity index (χ0v) is 14.0. The largest absolute Gasteiger partial charge is 0.504 e. The van der Waals surface area contributed by atoms with Crippen LogP contribution in [0.1, 0.15) is 11.1 Å². The van der Waals surface area contributed by atoms with E-state index in [9.17, 15) is 27.9 Å². The van der Waals surface area contributed by atoms with Gasteiger partial charge in [-0.1, -0.05) is 11.6 Å². The van der Waals surface area contributed by atoms with Crippen molar-refractivity contribution < 1.29 is 33.0 Å². The number of amides is 2. The first kappa shape index (κ1) is 20.0. The van der Waals surface area contributed by atoms with Gasteiger partial charge in [-0.25, -0.2) is 5.43 Å². The van der Waals surface area contributed by atoms with Crippen LogP contribution in [-0.4, -0.2) is 28.2 Å². The van der Waals surface area contributed by atoms with Crippen molar-refractivity contribution in [2.75, 3.05) is 5.32 Å². The average Bonchev–Trinajstić information content (AvgIpc) is 2.58. The standard InChI is InChI=1S/C16H11ClF3N3O4/c17-11-3-2-9(6-10(11)16(18,19)20)22-14(26)15(27)23-21-7-8-1-4-12(24)13(25)5-8/h1-7,24-25H,(H,22,26)(H,23,27)/b21-7-. The molecule has 2 aromatic carbocycles. The van der Waals surface area contributed by atoms with Gasteiger partial charge in [0.1, 0.15) is 0 Å². The van der Waals surface area contributed by atoms with E-state index in [2.05, 4.69) is 5.10 Å². The number of nitrogens with zero attached hydrogens (tertiary/aromatic N) is 1. The van der Waals surface area contributed by atoms with Crippen molar-refractivity contribution in [2.24, 2.45) is 5.10 Å². The Bertz CT molecular complexity index is 916. The van der Waals surface area contributed by atoms with Crippen LogP contribution >= 0.6 is 11.6 Å². The van der Waals surface area contributed by atoms with Gasteiger partial charge in [0.15, 0.2) is 11.5 Å². The molecule has 0 bridgehead atoms. The Morgan fingerprint density at radius 2 is 1.74 bits per heavy atom. The van der Waals surface area contributed by atoms with Crippen LogP contribution in [-0.2, 0) is 15.8 Å². The fourth-order valence-electron chi connectivity index (χ4n) is 1.85. The second-order valence-electron chi connectivity index (χ2n) is 5.09. The lowest BCUT2D eigenvalue weighted by molar-refractivity contribution is -0.137. The Hall–Kier alpha value is -3.27. The SMILES string of the molecule is O=C(N/N=C\c1ccc(O)c(O)c1)C(=O)Nc1ccc(Cl)c(C(F)(F)F)c1. The molecule has 2 amide bonds. The minimum atomic E-state index is -4.72. The molecule has 0 atom stereocenters. The van der Waals surface area contributed by atoms with Gasteiger partial charge in [-0.05, 0) is 42.0 Å². The smallest absolute Gasteiger partial charge is 0.417 e. The number of anilines is 1. The van der Waals surface area contributed by atoms with Crippen molar-refractivity contribution in [3.63, 3.8) is 0 Å². The van der Waals surface area contributed by atoms with Crippen molar-refractivity contribution >= 4 is 35.3 Å². The van der Waals surface area contributed by atoms with Crippen molar-refractivity contribution in [1.29, 1.82) is 0 Å². The molecule has 0 aliphatic heterocycles. The summed E-state index contributed by atoms with van der Waals surface area (Å²) in [6.07, 6.45) is -3.64. The number of alkyl halides is 3. The molecule has 0 aliphatic carbocycles. The summed E-state index contributed by atoms with van der Waals surface area (Å²) in [5.41, 5.74) is 0.734. The molecule has 0 saturated carbocycles. The molecule has 0 radical (unpaired) electrons. The number of hydrogen-bond acceptors (Lipinski definition) is 5. The Labute approximate surface area is 155 Å². The molecular weight excluding hydrogens is 391 g/mol. The lowest BCUT2D eigenvalue weighted by Crippen LogP contribution is -2.32. The summed E-state index contributed by atoms with van der Waals surface area (Å²) < 4.78 is 38.3. The summed E-state index contributed by atoms with van der Waals surface area (Å²) in [7, 11) is 0. The van der Waals surface area contributed by atoms with Gasteiger partial charge in [-0.15, -0.1) is 0 Å². The molecular formula is C16H11ClF3N3O4. The van der Waals surface area contributed by atoms with E-state index in [-0.39, 0.29) is 11.4 Å². The van der Waals surface area contributed by atoms with Crippen LogP contribution in [0.5, 0.6) is 11.5 Å². The van der Waals surface area contributed by atoms with Crippen LogP contribution in [0.15, 0.2) is 41.5 Å². The molecule has 11 heteroatoms. The van der Waals surface area contributed by atoms with Gasteiger partial charge in [0.05, 0.1) is 16.8 Å². The number of carbonyl (C=O) groups excluding carboxylic acids is 2. The highest BCUT2D eigenvalue weighted by molar-refractivity contribution is 6.39. The average molecular weight is 402 g/mol. The number of halogens is 4.